The van der Waals surface area contributed by atoms with E-state index < -0.39 is 15.7 Å². The summed E-state index contributed by atoms with van der Waals surface area (Å²) in [6.07, 6.45) is 1.40. The molecule has 12 heteroatoms. The van der Waals surface area contributed by atoms with Gasteiger partial charge in [-0.3, -0.25) is 10.1 Å². The highest BCUT2D eigenvalue weighted by atomic mass is 32.2. The number of benzene rings is 2. The smallest absolute Gasteiger partial charge is 0.268 e. The van der Waals surface area contributed by atoms with Gasteiger partial charge in [-0.2, -0.15) is 14.6 Å². The molecule has 2 heterocycles. The Balaban J connectivity index is 1.38. The van der Waals surface area contributed by atoms with Gasteiger partial charge in [0, 0.05) is 11.5 Å². The van der Waals surface area contributed by atoms with Gasteiger partial charge in [-0.15, -0.1) is 0 Å². The molecular formula is C22H18N4O6S2. The van der Waals surface area contributed by atoms with Crippen LogP contribution in [0.15, 0.2) is 53.2 Å². The van der Waals surface area contributed by atoms with E-state index in [2.05, 4.69) is 14.7 Å². The van der Waals surface area contributed by atoms with Crippen LogP contribution in [0.25, 0.3) is 6.08 Å². The molecule has 10 nitrogen and oxygen atoms in total. The summed E-state index contributed by atoms with van der Waals surface area (Å²) >= 11 is 0.726. The van der Waals surface area contributed by atoms with E-state index in [1.54, 1.807) is 24.3 Å². The van der Waals surface area contributed by atoms with Crippen LogP contribution in [-0.2, 0) is 21.2 Å². The Kier molecular flexibility index (Phi) is 6.76. The number of hydrogen-bond acceptors (Lipinski definition) is 10. The minimum atomic E-state index is -3.58. The second kappa shape index (κ2) is 9.90. The Morgan fingerprint density at radius 1 is 1.24 bits per heavy atom. The lowest BCUT2D eigenvalue weighted by Gasteiger charge is -2.07. The maximum absolute atomic E-state index is 12.4. The highest BCUT2D eigenvalue weighted by molar-refractivity contribution is 7.91. The number of aromatic nitrogens is 2. The van der Waals surface area contributed by atoms with E-state index in [0.717, 1.165) is 17.1 Å². The number of rotatable bonds is 8. The van der Waals surface area contributed by atoms with Crippen LogP contribution in [0.2, 0.25) is 0 Å². The van der Waals surface area contributed by atoms with Gasteiger partial charge in [-0.05, 0) is 41.5 Å². The van der Waals surface area contributed by atoms with Crippen LogP contribution in [0.1, 0.15) is 18.1 Å². The van der Waals surface area contributed by atoms with Crippen molar-refractivity contribution in [2.24, 2.45) is 0 Å². The van der Waals surface area contributed by atoms with Gasteiger partial charge in [-0.25, -0.2) is 8.42 Å². The highest BCUT2D eigenvalue weighted by Gasteiger charge is 2.20. The standard InChI is InChI=1S/C22H18N4O6S2/c1-2-34(28,29)22-25-21(33-26-22)24-20(27)16(11-23)9-14-3-6-17(7-4-14)30-12-15-5-8-18-19(10-15)32-13-31-18/h3-10H,2,12-13H2,1H3,(H,24,25,26,27)/b16-9-. The number of amides is 1. The third kappa shape index (κ3) is 5.33. The number of anilines is 1. The van der Waals surface area contributed by atoms with Crippen molar-refractivity contribution in [1.82, 2.24) is 9.36 Å². The molecule has 0 atom stereocenters. The zero-order valence-electron chi connectivity index (χ0n) is 17.8. The molecule has 1 aliphatic heterocycles. The van der Waals surface area contributed by atoms with Crippen molar-refractivity contribution >= 4 is 38.5 Å². The van der Waals surface area contributed by atoms with Gasteiger partial charge in [0.05, 0.1) is 5.75 Å². The normalized spacial score (nSPS) is 12.8. The van der Waals surface area contributed by atoms with Crippen molar-refractivity contribution in [3.63, 3.8) is 0 Å². The molecule has 2 aromatic carbocycles. The van der Waals surface area contributed by atoms with Crippen molar-refractivity contribution < 1.29 is 27.4 Å². The fourth-order valence-corrected chi connectivity index (χ4v) is 4.44. The summed E-state index contributed by atoms with van der Waals surface area (Å²) in [7, 11) is -3.58. The van der Waals surface area contributed by atoms with E-state index in [1.807, 2.05) is 24.3 Å². The molecular weight excluding hydrogens is 480 g/mol. The predicted octanol–water partition coefficient (Wildman–Crippen LogP) is 3.19. The molecule has 0 spiro atoms. The zero-order valence-corrected chi connectivity index (χ0v) is 19.5. The summed E-state index contributed by atoms with van der Waals surface area (Å²) in [6, 6.07) is 14.3. The number of carbonyl (C=O) groups is 1. The summed E-state index contributed by atoms with van der Waals surface area (Å²) in [5.74, 6) is 1.12. The quantitative estimate of drug-likeness (QED) is 0.366. The van der Waals surface area contributed by atoms with Crippen LogP contribution in [0, 0.1) is 11.3 Å². The first-order chi connectivity index (χ1) is 16.4. The van der Waals surface area contributed by atoms with Crippen LogP contribution in [0.4, 0.5) is 5.13 Å². The van der Waals surface area contributed by atoms with Gasteiger partial charge in [0.15, 0.2) is 11.5 Å². The Morgan fingerprint density at radius 2 is 2.00 bits per heavy atom. The van der Waals surface area contributed by atoms with Crippen molar-refractivity contribution in [3.05, 3.63) is 59.2 Å². The van der Waals surface area contributed by atoms with Gasteiger partial charge < -0.3 is 14.2 Å². The summed E-state index contributed by atoms with van der Waals surface area (Å²) in [6.45, 7) is 2.01. The van der Waals surface area contributed by atoms with Crippen molar-refractivity contribution in [3.8, 4) is 23.3 Å². The third-order valence-corrected chi connectivity index (χ3v) is 6.93. The molecule has 1 aliphatic rings. The average Bonchev–Trinajstić information content (AvgIpc) is 3.51. The molecule has 0 radical (unpaired) electrons. The summed E-state index contributed by atoms with van der Waals surface area (Å²) in [5.41, 5.74) is 1.35. The SMILES string of the molecule is CCS(=O)(=O)c1nsc(NC(=O)/C(C#N)=C\c2ccc(OCc3ccc4c(c3)OCO4)cc2)n1. The van der Waals surface area contributed by atoms with E-state index in [0.29, 0.717) is 29.4 Å². The monoisotopic (exact) mass is 498 g/mol. The fraction of sp³-hybridized carbons (Fsp3) is 0.182. The van der Waals surface area contributed by atoms with Crippen molar-refractivity contribution in [1.29, 1.82) is 5.26 Å². The van der Waals surface area contributed by atoms with Crippen LogP contribution in [0.5, 0.6) is 17.2 Å². The fourth-order valence-electron chi connectivity index (χ4n) is 2.85. The summed E-state index contributed by atoms with van der Waals surface area (Å²) in [5, 5.41) is 11.4. The molecule has 0 saturated heterocycles. The lowest BCUT2D eigenvalue weighted by molar-refractivity contribution is -0.112. The van der Waals surface area contributed by atoms with Gasteiger partial charge in [0.2, 0.25) is 21.8 Å². The second-order valence-corrected chi connectivity index (χ2v) is 9.88. The molecule has 1 N–H and O–H groups in total. The first kappa shape index (κ1) is 23.2. The maximum atomic E-state index is 12.4. The number of fused-ring (bicyclic) bond motifs is 1. The molecule has 0 fully saturated rings. The number of ether oxygens (including phenoxy) is 3. The van der Waals surface area contributed by atoms with Gasteiger partial charge in [0.25, 0.3) is 11.1 Å². The molecule has 4 rings (SSSR count). The number of nitriles is 1. The Bertz CT molecular complexity index is 1390. The van der Waals surface area contributed by atoms with Crippen LogP contribution < -0.4 is 19.5 Å². The number of hydrogen-bond donors (Lipinski definition) is 1. The van der Waals surface area contributed by atoms with E-state index >= 15 is 0 Å². The van der Waals surface area contributed by atoms with E-state index in [-0.39, 0.29) is 28.4 Å². The Morgan fingerprint density at radius 3 is 2.74 bits per heavy atom. The zero-order chi connectivity index (χ0) is 24.1. The second-order valence-electron chi connectivity index (χ2n) is 6.95. The van der Waals surface area contributed by atoms with Gasteiger partial charge in [0.1, 0.15) is 24.0 Å². The summed E-state index contributed by atoms with van der Waals surface area (Å²) < 4.78 is 43.8. The first-order valence-electron chi connectivity index (χ1n) is 9.99. The number of carbonyl (C=O) groups excluding carboxylic acids is 1. The number of nitrogens with one attached hydrogen (secondary N) is 1. The highest BCUT2D eigenvalue weighted by Crippen LogP contribution is 2.32. The van der Waals surface area contributed by atoms with Gasteiger partial charge >= 0.3 is 0 Å². The predicted molar refractivity (Wildman–Crippen MR) is 123 cm³/mol. The minimum Gasteiger partial charge on any atom is -0.489 e. The van der Waals surface area contributed by atoms with E-state index in [1.165, 1.54) is 13.0 Å². The van der Waals surface area contributed by atoms with Gasteiger partial charge in [-0.1, -0.05) is 25.1 Å². The molecule has 1 amide bonds. The van der Waals surface area contributed by atoms with E-state index in [9.17, 15) is 18.5 Å². The largest absolute Gasteiger partial charge is 0.489 e. The van der Waals surface area contributed by atoms with E-state index in [4.69, 9.17) is 14.2 Å². The molecule has 3 aromatic rings. The molecule has 1 aromatic heterocycles. The van der Waals surface area contributed by atoms with Crippen molar-refractivity contribution in [2.75, 3.05) is 17.9 Å². The molecule has 0 saturated carbocycles. The number of nitrogens with zero attached hydrogens (tertiary/aromatic N) is 3. The first-order valence-corrected chi connectivity index (χ1v) is 12.4. The maximum Gasteiger partial charge on any atom is 0.268 e. The molecule has 34 heavy (non-hydrogen) atoms. The topological polar surface area (TPSA) is 140 Å². The minimum absolute atomic E-state index is 0.00885. The lowest BCUT2D eigenvalue weighted by Crippen LogP contribution is -2.13. The van der Waals surface area contributed by atoms with Crippen LogP contribution in [0.3, 0.4) is 0 Å². The Labute approximate surface area is 199 Å². The lowest BCUT2D eigenvalue weighted by atomic mass is 10.1. The molecule has 0 unspecified atom stereocenters. The number of sulfone groups is 1. The molecule has 0 bridgehead atoms. The average molecular weight is 499 g/mol. The Hall–Kier alpha value is -3.95. The van der Waals surface area contributed by atoms with Crippen LogP contribution >= 0.6 is 11.5 Å². The molecule has 0 aliphatic carbocycles. The third-order valence-electron chi connectivity index (χ3n) is 4.68. The van der Waals surface area contributed by atoms with Crippen LogP contribution in [-0.4, -0.2) is 36.2 Å². The summed E-state index contributed by atoms with van der Waals surface area (Å²) in [4.78, 5) is 16.2. The molecule has 174 valence electrons. The van der Waals surface area contributed by atoms with Crippen molar-refractivity contribution in [2.45, 2.75) is 18.7 Å².